The molecule has 3 aromatic heterocycles. The number of H-pyrrole nitrogens is 1. The molecule has 6 aromatic rings. The van der Waals surface area contributed by atoms with Crippen LogP contribution in [0.2, 0.25) is 25.7 Å². The molecule has 5 heterocycles. The molecule has 21 heteroatoms. The number of aromatic nitrogens is 5. The molecular weight excluding hydrogens is 995 g/mol. The van der Waals surface area contributed by atoms with Crippen molar-refractivity contribution < 1.29 is 37.3 Å². The Morgan fingerprint density at radius 1 is 0.933 bits per heavy atom. The second-order valence-corrected chi connectivity index (χ2v) is 30.8. The Balaban J connectivity index is 1.26. The molecule has 1 N–H and O–H groups in total. The molecule has 9 rings (SSSR count). The number of benzene rings is 3. The topological polar surface area (TPSA) is 239 Å². The molecule has 1 aliphatic carbocycles. The maximum atomic E-state index is 15.2. The van der Waals surface area contributed by atoms with Gasteiger partial charge in [0.25, 0.3) is 11.4 Å². The maximum Gasteiger partial charge on any atom is 0.359 e. The molecule has 75 heavy (non-hydrogen) atoms. The summed E-state index contributed by atoms with van der Waals surface area (Å²) < 4.78 is 45.2. The average molecular weight is 1060 g/mol. The van der Waals surface area contributed by atoms with E-state index in [2.05, 4.69) is 34.9 Å². The first-order chi connectivity index (χ1) is 35.1. The number of aromatic amines is 1. The highest BCUT2D eigenvalue weighted by Crippen LogP contribution is 2.43. The predicted molar refractivity (Wildman–Crippen MR) is 289 cm³/mol. The lowest BCUT2D eigenvalue weighted by Crippen LogP contribution is -2.55. The standard InChI is InChI=1S/C54H69N9O10SSi/c1-33-24-34(2)26-38(25-33)48-47(41-29-46(55-50(49(41)56-48)51(64)73-53(4,5)6)54(7,8)52(65)60-31-37-12-15-39(60)16-13-37)35(3)30-59(74(70,71)45-19-17-40(62(66)67)28-44(45)63(68)69)21-20-36-14-18-43-42(27-36)57-58-61(43)32-72-22-23-75(9,10)11/h14,17-19,24-29,35,37,39,56H,12-13,15-16,20-23,30-32H2,1-11H3/t35-,37?,39?/m1/s1. The van der Waals surface area contributed by atoms with Crippen LogP contribution in [0.25, 0.3) is 33.2 Å². The smallest absolute Gasteiger partial charge is 0.359 e. The van der Waals surface area contributed by atoms with Crippen LogP contribution in [0, 0.1) is 40.0 Å². The number of fused-ring (bicyclic) bond motifs is 5. The van der Waals surface area contributed by atoms with E-state index in [1.165, 1.54) is 4.31 Å². The van der Waals surface area contributed by atoms with E-state index in [0.29, 0.717) is 64.1 Å². The number of non-ortho nitro benzene ring substituents is 1. The highest BCUT2D eigenvalue weighted by atomic mass is 32.2. The van der Waals surface area contributed by atoms with Crippen molar-refractivity contribution in [3.8, 4) is 11.3 Å². The van der Waals surface area contributed by atoms with Gasteiger partial charge in [-0.3, -0.25) is 25.0 Å². The molecule has 2 saturated heterocycles. The van der Waals surface area contributed by atoms with Gasteiger partial charge in [-0.15, -0.1) is 5.10 Å². The number of pyridine rings is 1. The number of aryl methyl sites for hydroxylation is 2. The van der Waals surface area contributed by atoms with Crippen molar-refractivity contribution in [1.29, 1.82) is 0 Å². The van der Waals surface area contributed by atoms with Crippen molar-refractivity contribution in [1.82, 2.24) is 34.2 Å². The van der Waals surface area contributed by atoms with Gasteiger partial charge in [-0.2, -0.15) is 4.31 Å². The number of ether oxygens (including phenoxy) is 2. The quantitative estimate of drug-likeness (QED) is 0.0261. The highest BCUT2D eigenvalue weighted by molar-refractivity contribution is 7.89. The van der Waals surface area contributed by atoms with Gasteiger partial charge in [0.05, 0.1) is 43.7 Å². The number of nitro groups is 2. The van der Waals surface area contributed by atoms with Crippen LogP contribution in [0.3, 0.4) is 0 Å². The van der Waals surface area contributed by atoms with Gasteiger partial charge in [-0.25, -0.2) is 22.9 Å². The number of rotatable bonds is 19. The van der Waals surface area contributed by atoms with Crippen molar-refractivity contribution in [2.24, 2.45) is 5.92 Å². The number of piperidine rings is 2. The molecule has 2 aliphatic heterocycles. The molecule has 3 aliphatic rings. The third kappa shape index (κ3) is 11.9. The average Bonchev–Trinajstić information content (AvgIpc) is 3.94. The fourth-order valence-corrected chi connectivity index (χ4v) is 12.9. The van der Waals surface area contributed by atoms with E-state index < -0.39 is 67.1 Å². The molecule has 1 atom stereocenters. The number of carbonyl (C=O) groups excluding carboxylic acids is 2. The van der Waals surface area contributed by atoms with Crippen LogP contribution >= 0.6 is 0 Å². The molecule has 400 valence electrons. The van der Waals surface area contributed by atoms with E-state index in [1.54, 1.807) is 25.5 Å². The summed E-state index contributed by atoms with van der Waals surface area (Å²) in [5, 5.41) is 33.6. The zero-order valence-corrected chi connectivity index (χ0v) is 46.7. The number of esters is 1. The number of sulfonamides is 1. The van der Waals surface area contributed by atoms with Gasteiger partial charge in [0, 0.05) is 51.8 Å². The minimum Gasteiger partial charge on any atom is -0.455 e. The lowest BCUT2D eigenvalue weighted by atomic mass is 9.77. The van der Waals surface area contributed by atoms with Gasteiger partial charge in [0.15, 0.2) is 10.6 Å². The normalized spacial score (nSPS) is 16.8. The predicted octanol–water partition coefficient (Wildman–Crippen LogP) is 10.4. The second kappa shape index (κ2) is 20.9. The number of hydrogen-bond donors (Lipinski definition) is 1. The molecular formula is C54H69N9O10SSi. The van der Waals surface area contributed by atoms with Gasteiger partial charge < -0.3 is 19.4 Å². The Bertz CT molecular complexity index is 3290. The molecule has 3 aromatic carbocycles. The van der Waals surface area contributed by atoms with Crippen LogP contribution in [-0.4, -0.2) is 110 Å². The van der Waals surface area contributed by atoms with Crippen LogP contribution in [0.1, 0.15) is 112 Å². The largest absolute Gasteiger partial charge is 0.455 e. The third-order valence-corrected chi connectivity index (χ3v) is 18.1. The maximum absolute atomic E-state index is 15.2. The van der Waals surface area contributed by atoms with E-state index in [9.17, 15) is 29.8 Å². The number of nitro benzene ring substituents is 2. The summed E-state index contributed by atoms with van der Waals surface area (Å²) in [5.74, 6) is -1.14. The number of nitrogens with one attached hydrogen (secondary N) is 1. The molecule has 0 spiro atoms. The van der Waals surface area contributed by atoms with Crippen LogP contribution in [0.15, 0.2) is 65.6 Å². The second-order valence-electron chi connectivity index (χ2n) is 23.3. The van der Waals surface area contributed by atoms with Crippen LogP contribution in [0.4, 0.5) is 11.4 Å². The monoisotopic (exact) mass is 1060 g/mol. The molecule has 0 unspecified atom stereocenters. The fraction of sp³-hybridized carbons (Fsp3) is 0.500. The van der Waals surface area contributed by atoms with E-state index in [0.717, 1.165) is 66.1 Å². The first kappa shape index (κ1) is 54.8. The summed E-state index contributed by atoms with van der Waals surface area (Å²) in [5.41, 5.74) is 2.67. The zero-order valence-electron chi connectivity index (χ0n) is 44.9. The summed E-state index contributed by atoms with van der Waals surface area (Å²) in [6.45, 7) is 22.5. The summed E-state index contributed by atoms with van der Waals surface area (Å²) in [4.78, 5) is 61.7. The van der Waals surface area contributed by atoms with Crippen molar-refractivity contribution in [3.63, 3.8) is 0 Å². The minimum absolute atomic E-state index is 0.0426. The van der Waals surface area contributed by atoms with Crippen molar-refractivity contribution >= 4 is 63.3 Å². The fourth-order valence-electron chi connectivity index (χ4n) is 10.5. The van der Waals surface area contributed by atoms with E-state index >= 15 is 8.42 Å². The number of amides is 1. The zero-order chi connectivity index (χ0) is 54.5. The lowest BCUT2D eigenvalue weighted by molar-refractivity contribution is -0.396. The van der Waals surface area contributed by atoms with Crippen LogP contribution in [0.5, 0.6) is 0 Å². The number of carbonyl (C=O) groups is 2. The molecule has 1 amide bonds. The Labute approximate surface area is 438 Å². The van der Waals surface area contributed by atoms with E-state index in [4.69, 9.17) is 14.5 Å². The Morgan fingerprint density at radius 2 is 1.63 bits per heavy atom. The highest BCUT2D eigenvalue weighted by Gasteiger charge is 2.44. The van der Waals surface area contributed by atoms with E-state index in [-0.39, 0.29) is 43.9 Å². The molecule has 0 radical (unpaired) electrons. The van der Waals surface area contributed by atoms with Crippen molar-refractivity contribution in [2.75, 3.05) is 26.2 Å². The van der Waals surface area contributed by atoms with Crippen molar-refractivity contribution in [3.05, 3.63) is 115 Å². The summed E-state index contributed by atoms with van der Waals surface area (Å²) in [6, 6.07) is 16.9. The van der Waals surface area contributed by atoms with Gasteiger partial charge in [-0.1, -0.05) is 55.0 Å². The third-order valence-electron chi connectivity index (χ3n) is 14.5. The van der Waals surface area contributed by atoms with Gasteiger partial charge in [0.2, 0.25) is 15.9 Å². The summed E-state index contributed by atoms with van der Waals surface area (Å²) >= 11 is 0. The number of hydrogen-bond acceptors (Lipinski definition) is 13. The molecule has 1 saturated carbocycles. The Morgan fingerprint density at radius 3 is 2.24 bits per heavy atom. The van der Waals surface area contributed by atoms with Gasteiger partial charge in [-0.05, 0) is 152 Å². The first-order valence-electron chi connectivity index (χ1n) is 25.6. The van der Waals surface area contributed by atoms with Crippen LogP contribution < -0.4 is 0 Å². The molecule has 19 nitrogen and oxygen atoms in total. The van der Waals surface area contributed by atoms with Gasteiger partial charge >= 0.3 is 5.97 Å². The van der Waals surface area contributed by atoms with Gasteiger partial charge in [0.1, 0.15) is 17.8 Å². The van der Waals surface area contributed by atoms with Crippen LogP contribution in [-0.2, 0) is 42.9 Å². The minimum atomic E-state index is -4.81. The summed E-state index contributed by atoms with van der Waals surface area (Å²) in [7, 11) is -6.12. The van der Waals surface area contributed by atoms with E-state index in [1.807, 2.05) is 82.0 Å². The Hall–Kier alpha value is -6.42. The first-order valence-corrected chi connectivity index (χ1v) is 30.8. The molecule has 3 fully saturated rings. The Kier molecular flexibility index (Phi) is 15.3. The number of nitrogens with zero attached hydrogens (tertiary/aromatic N) is 8. The lowest BCUT2D eigenvalue weighted by Gasteiger charge is -2.47. The molecule has 2 bridgehead atoms. The SMILES string of the molecule is Cc1cc(C)cc(-c2[nH]c3c(C(=O)OC(C)(C)C)nc(C(C)(C)C(=O)N4CC5CCC4CC5)cc3c2[C@H](C)CN(CCc2ccc3c(c2)nnn3COCC[Si](C)(C)C)S(=O)(=O)c2ccc([N+](=O)[O-])cc2[N+](=O)[O-])c1. The summed E-state index contributed by atoms with van der Waals surface area (Å²) in [6.07, 6.45) is 4.13. The van der Waals surface area contributed by atoms with Crippen molar-refractivity contribution in [2.45, 2.75) is 148 Å².